The molecule has 0 bridgehead atoms. The summed E-state index contributed by atoms with van der Waals surface area (Å²) in [5, 5.41) is 11.8. The van der Waals surface area contributed by atoms with Crippen LogP contribution in [-0.2, 0) is 0 Å². The molecule has 0 N–H and O–H groups in total. The van der Waals surface area contributed by atoms with Crippen molar-refractivity contribution in [2.45, 2.75) is 0 Å². The van der Waals surface area contributed by atoms with Crippen molar-refractivity contribution < 1.29 is 8.83 Å². The van der Waals surface area contributed by atoms with Gasteiger partial charge in [0.1, 0.15) is 22.3 Å². The van der Waals surface area contributed by atoms with Crippen molar-refractivity contribution in [3.05, 3.63) is 200 Å². The normalized spacial score (nSPS) is 11.9. The highest BCUT2D eigenvalue weighted by Gasteiger charge is 2.22. The Bertz CT molecular complexity index is 3530. The maximum Gasteiger partial charge on any atom is 0.137 e. The molecular formula is C54H33NO2. The number of anilines is 3. The molecule has 266 valence electrons. The number of fused-ring (bicyclic) bond motifs is 10. The zero-order valence-corrected chi connectivity index (χ0v) is 30.8. The van der Waals surface area contributed by atoms with Gasteiger partial charge in [-0.1, -0.05) is 140 Å². The van der Waals surface area contributed by atoms with Crippen molar-refractivity contribution in [2.24, 2.45) is 0 Å². The number of hydrogen-bond acceptors (Lipinski definition) is 3. The van der Waals surface area contributed by atoms with Gasteiger partial charge in [0.05, 0.1) is 16.8 Å². The lowest BCUT2D eigenvalue weighted by molar-refractivity contribution is 0.669. The van der Waals surface area contributed by atoms with Crippen molar-refractivity contribution >= 4 is 93.3 Å². The van der Waals surface area contributed by atoms with E-state index in [-0.39, 0.29) is 0 Å². The molecule has 0 aliphatic carbocycles. The molecule has 0 amide bonds. The average Bonchev–Trinajstić information content (AvgIpc) is 3.84. The van der Waals surface area contributed by atoms with Crippen molar-refractivity contribution in [3.8, 4) is 22.3 Å². The fourth-order valence-corrected chi connectivity index (χ4v) is 8.97. The Kier molecular flexibility index (Phi) is 6.93. The molecule has 57 heavy (non-hydrogen) atoms. The summed E-state index contributed by atoms with van der Waals surface area (Å²) in [6, 6.07) is 71.7. The quantitative estimate of drug-likeness (QED) is 0.165. The SMILES string of the molecule is c1ccc(N(c2ccc(-c3cccc4c3ccc3ccccc34)cc2)c2cccc3oc4ccccc4c23)c(-c2ccc3oc4cc5ccccc5cc4c3c2)c1. The van der Waals surface area contributed by atoms with Gasteiger partial charge < -0.3 is 13.7 Å². The Labute approximate surface area is 328 Å². The second kappa shape index (κ2) is 12.5. The molecule has 0 saturated carbocycles. The molecule has 0 aliphatic rings. The van der Waals surface area contributed by atoms with Gasteiger partial charge in [0.15, 0.2) is 0 Å². The van der Waals surface area contributed by atoms with E-state index in [2.05, 4.69) is 193 Å². The summed E-state index contributed by atoms with van der Waals surface area (Å²) in [6.45, 7) is 0. The molecule has 0 saturated heterocycles. The lowest BCUT2D eigenvalue weighted by Crippen LogP contribution is -2.11. The summed E-state index contributed by atoms with van der Waals surface area (Å²) in [5.74, 6) is 0. The van der Waals surface area contributed by atoms with Gasteiger partial charge in [-0.15, -0.1) is 0 Å². The number of nitrogens with zero attached hydrogens (tertiary/aromatic N) is 1. The van der Waals surface area contributed by atoms with Crippen LogP contribution in [0.5, 0.6) is 0 Å². The Hall–Kier alpha value is -7.62. The fourth-order valence-electron chi connectivity index (χ4n) is 8.97. The summed E-state index contributed by atoms with van der Waals surface area (Å²) in [4.78, 5) is 2.39. The van der Waals surface area contributed by atoms with E-state index < -0.39 is 0 Å². The first-order valence-electron chi connectivity index (χ1n) is 19.4. The van der Waals surface area contributed by atoms with Crippen LogP contribution in [0.25, 0.3) is 98.4 Å². The average molecular weight is 728 g/mol. The second-order valence-corrected chi connectivity index (χ2v) is 14.8. The third-order valence-corrected chi connectivity index (χ3v) is 11.6. The van der Waals surface area contributed by atoms with E-state index in [1.54, 1.807) is 0 Å². The Balaban J connectivity index is 1.06. The van der Waals surface area contributed by atoms with Crippen molar-refractivity contribution in [2.75, 3.05) is 4.90 Å². The van der Waals surface area contributed by atoms with Gasteiger partial charge in [-0.05, 0) is 110 Å². The number of furan rings is 2. The zero-order valence-electron chi connectivity index (χ0n) is 30.8. The Morgan fingerprint density at radius 1 is 0.298 bits per heavy atom. The Morgan fingerprint density at radius 3 is 1.81 bits per heavy atom. The molecule has 0 atom stereocenters. The van der Waals surface area contributed by atoms with Crippen LogP contribution in [0, 0.1) is 0 Å². The lowest BCUT2D eigenvalue weighted by atomic mass is 9.94. The van der Waals surface area contributed by atoms with Gasteiger partial charge in [-0.25, -0.2) is 0 Å². The highest BCUT2D eigenvalue weighted by atomic mass is 16.3. The molecule has 0 fully saturated rings. The topological polar surface area (TPSA) is 29.5 Å². The first-order valence-corrected chi connectivity index (χ1v) is 19.4. The van der Waals surface area contributed by atoms with E-state index in [1.165, 1.54) is 43.4 Å². The van der Waals surface area contributed by atoms with Crippen LogP contribution in [0.3, 0.4) is 0 Å². The standard InChI is InChI=1S/C54H33NO2/c1-2-13-37-33-53-47(31-36(37)12-1)46-32-38(26-30-51(46)57-53)42-15-5-7-19-48(42)55(49-20-10-22-52-54(49)45-16-6-8-21-50(45)56-52)39-27-23-35(24-28-39)41-17-9-18-43-40-14-4-3-11-34(40)25-29-44(41)43/h1-33H. The Morgan fingerprint density at radius 2 is 0.912 bits per heavy atom. The summed E-state index contributed by atoms with van der Waals surface area (Å²) >= 11 is 0. The number of hydrogen-bond donors (Lipinski definition) is 0. The van der Waals surface area contributed by atoms with Crippen molar-refractivity contribution in [1.29, 1.82) is 0 Å². The van der Waals surface area contributed by atoms with Crippen LogP contribution in [0.1, 0.15) is 0 Å². The van der Waals surface area contributed by atoms with Crippen LogP contribution in [0.4, 0.5) is 17.1 Å². The highest BCUT2D eigenvalue weighted by Crippen LogP contribution is 2.47. The molecule has 2 heterocycles. The highest BCUT2D eigenvalue weighted by molar-refractivity contribution is 6.15. The fraction of sp³-hybridized carbons (Fsp3) is 0. The van der Waals surface area contributed by atoms with Crippen LogP contribution in [-0.4, -0.2) is 0 Å². The van der Waals surface area contributed by atoms with Crippen LogP contribution in [0.2, 0.25) is 0 Å². The smallest absolute Gasteiger partial charge is 0.137 e. The minimum absolute atomic E-state index is 0.856. The van der Waals surface area contributed by atoms with E-state index in [0.29, 0.717) is 0 Å². The molecule has 0 unspecified atom stereocenters. The molecule has 2 aromatic heterocycles. The van der Waals surface area contributed by atoms with Gasteiger partial charge in [0, 0.05) is 27.4 Å². The molecule has 12 aromatic rings. The summed E-state index contributed by atoms with van der Waals surface area (Å²) in [7, 11) is 0. The first-order chi connectivity index (χ1) is 28.2. The molecule has 10 aromatic carbocycles. The predicted octanol–water partition coefficient (Wildman–Crippen LogP) is 15.7. The number of rotatable bonds is 5. The summed E-state index contributed by atoms with van der Waals surface area (Å²) < 4.78 is 12.9. The van der Waals surface area contributed by atoms with Crippen LogP contribution in [0.15, 0.2) is 209 Å². The minimum Gasteiger partial charge on any atom is -0.456 e. The van der Waals surface area contributed by atoms with Crippen LogP contribution >= 0.6 is 0 Å². The van der Waals surface area contributed by atoms with E-state index >= 15 is 0 Å². The summed E-state index contributed by atoms with van der Waals surface area (Å²) in [5.41, 5.74) is 11.3. The van der Waals surface area contributed by atoms with Gasteiger partial charge in [0.2, 0.25) is 0 Å². The maximum absolute atomic E-state index is 6.45. The lowest BCUT2D eigenvalue weighted by Gasteiger charge is -2.28. The minimum atomic E-state index is 0.856. The van der Waals surface area contributed by atoms with E-state index in [0.717, 1.165) is 72.1 Å². The van der Waals surface area contributed by atoms with E-state index in [9.17, 15) is 0 Å². The van der Waals surface area contributed by atoms with Gasteiger partial charge >= 0.3 is 0 Å². The van der Waals surface area contributed by atoms with Gasteiger partial charge in [-0.2, -0.15) is 0 Å². The molecule has 0 radical (unpaired) electrons. The van der Waals surface area contributed by atoms with E-state index in [1.807, 2.05) is 12.1 Å². The van der Waals surface area contributed by atoms with Crippen molar-refractivity contribution in [3.63, 3.8) is 0 Å². The number of benzene rings is 10. The molecule has 3 nitrogen and oxygen atoms in total. The third kappa shape index (κ3) is 4.99. The largest absolute Gasteiger partial charge is 0.456 e. The first kappa shape index (κ1) is 31.7. The van der Waals surface area contributed by atoms with Gasteiger partial charge in [0.25, 0.3) is 0 Å². The predicted molar refractivity (Wildman–Crippen MR) is 239 cm³/mol. The molecular weight excluding hydrogens is 695 g/mol. The van der Waals surface area contributed by atoms with Crippen molar-refractivity contribution in [1.82, 2.24) is 0 Å². The molecule has 0 aliphatic heterocycles. The van der Waals surface area contributed by atoms with Crippen LogP contribution < -0.4 is 4.90 Å². The monoisotopic (exact) mass is 727 g/mol. The molecule has 3 heteroatoms. The second-order valence-electron chi connectivity index (χ2n) is 14.8. The maximum atomic E-state index is 6.45. The summed E-state index contributed by atoms with van der Waals surface area (Å²) in [6.07, 6.45) is 0. The van der Waals surface area contributed by atoms with E-state index in [4.69, 9.17) is 8.83 Å². The molecule has 12 rings (SSSR count). The van der Waals surface area contributed by atoms with Gasteiger partial charge in [-0.3, -0.25) is 0 Å². The third-order valence-electron chi connectivity index (χ3n) is 11.6. The number of para-hydroxylation sites is 2. The molecule has 0 spiro atoms. The zero-order chi connectivity index (χ0) is 37.5.